The van der Waals surface area contributed by atoms with Gasteiger partial charge in [-0.05, 0) is 75.8 Å². The first-order valence-corrected chi connectivity index (χ1v) is 20.2. The fourth-order valence-corrected chi connectivity index (χ4v) is 9.62. The number of benzene rings is 9. The van der Waals surface area contributed by atoms with Crippen LogP contribution in [0, 0.1) is 0 Å². The molecule has 2 heterocycles. The van der Waals surface area contributed by atoms with Crippen molar-refractivity contribution in [2.24, 2.45) is 0 Å². The molecule has 0 saturated carbocycles. The number of rotatable bonds is 7. The first-order valence-electron chi connectivity index (χ1n) is 19.3. The lowest BCUT2D eigenvalue weighted by Gasteiger charge is -2.30. The summed E-state index contributed by atoms with van der Waals surface area (Å²) in [6.45, 7) is 0. The lowest BCUT2D eigenvalue weighted by molar-refractivity contribution is 0.670. The first-order chi connectivity index (χ1) is 28.3. The van der Waals surface area contributed by atoms with Crippen LogP contribution in [-0.4, -0.2) is 0 Å². The maximum Gasteiger partial charge on any atom is 0.143 e. The van der Waals surface area contributed by atoms with Gasteiger partial charge in [0.05, 0.1) is 5.69 Å². The molecule has 0 spiro atoms. The van der Waals surface area contributed by atoms with Gasteiger partial charge < -0.3 is 9.32 Å². The fourth-order valence-electron chi connectivity index (χ4n) is 8.48. The van der Waals surface area contributed by atoms with Crippen molar-refractivity contribution in [3.8, 4) is 44.5 Å². The van der Waals surface area contributed by atoms with E-state index in [1.165, 1.54) is 53.6 Å². The highest BCUT2D eigenvalue weighted by Gasteiger charge is 2.23. The number of fused-ring (bicyclic) bond motifs is 6. The van der Waals surface area contributed by atoms with E-state index in [9.17, 15) is 0 Å². The molecule has 0 aliphatic heterocycles. The molecule has 0 N–H and O–H groups in total. The second-order valence-corrected chi connectivity index (χ2v) is 15.5. The van der Waals surface area contributed by atoms with Crippen LogP contribution in [0.5, 0.6) is 0 Å². The molecule has 0 aliphatic rings. The summed E-state index contributed by atoms with van der Waals surface area (Å²) in [5.74, 6) is 0. The van der Waals surface area contributed by atoms with E-state index in [1.54, 1.807) is 0 Å². The Hall–Kier alpha value is -7.20. The Labute approximate surface area is 335 Å². The van der Waals surface area contributed by atoms with Crippen molar-refractivity contribution < 1.29 is 4.42 Å². The zero-order valence-electron chi connectivity index (χ0n) is 31.0. The number of nitrogens with zero attached hydrogens (tertiary/aromatic N) is 1. The Morgan fingerprint density at radius 2 is 0.912 bits per heavy atom. The third-order valence-corrected chi connectivity index (χ3v) is 12.2. The van der Waals surface area contributed by atoms with E-state index in [0.29, 0.717) is 0 Å². The highest BCUT2D eigenvalue weighted by molar-refractivity contribution is 7.25. The van der Waals surface area contributed by atoms with E-state index < -0.39 is 0 Å². The SMILES string of the molecule is c1ccc(-c2ccccc2-c2c(-c3ccccc3)cccc2N(c2ccc(-c3cccc4c3oc3ccccc34)cc2)c2ccc3c(c2)sc2ccccc23)cc1. The standard InChI is InChI=1S/C54H35NOS/c1-3-15-36(16-4-1)41-19-7-8-22-47(41)53-42(37-17-5-2-6-18-37)23-14-26-49(53)55(40-33-34-46-45-21-10-12-28-51(45)57-52(46)35-40)39-31-29-38(30-32-39)43-24-13-25-48-44-20-9-11-27-50(44)56-54(43)48/h1-35H. The van der Waals surface area contributed by atoms with E-state index >= 15 is 0 Å². The molecule has 268 valence electrons. The lowest BCUT2D eigenvalue weighted by atomic mass is 9.87. The largest absolute Gasteiger partial charge is 0.455 e. The van der Waals surface area contributed by atoms with Crippen molar-refractivity contribution >= 4 is 70.5 Å². The van der Waals surface area contributed by atoms with E-state index in [2.05, 4.69) is 205 Å². The van der Waals surface area contributed by atoms with Crippen LogP contribution in [-0.2, 0) is 0 Å². The zero-order chi connectivity index (χ0) is 37.7. The van der Waals surface area contributed by atoms with Gasteiger partial charge in [0.1, 0.15) is 11.2 Å². The number of para-hydroxylation sites is 2. The zero-order valence-corrected chi connectivity index (χ0v) is 31.8. The van der Waals surface area contributed by atoms with Crippen molar-refractivity contribution in [3.05, 3.63) is 212 Å². The highest BCUT2D eigenvalue weighted by atomic mass is 32.1. The topological polar surface area (TPSA) is 16.4 Å². The van der Waals surface area contributed by atoms with E-state index in [-0.39, 0.29) is 0 Å². The van der Waals surface area contributed by atoms with Crippen LogP contribution in [0.3, 0.4) is 0 Å². The molecule has 9 aromatic carbocycles. The number of hydrogen-bond donors (Lipinski definition) is 0. The van der Waals surface area contributed by atoms with Gasteiger partial charge in [-0.25, -0.2) is 0 Å². The number of hydrogen-bond acceptors (Lipinski definition) is 3. The maximum absolute atomic E-state index is 6.48. The molecule has 11 rings (SSSR count). The van der Waals surface area contributed by atoms with Gasteiger partial charge in [0, 0.05) is 53.4 Å². The van der Waals surface area contributed by atoms with Crippen LogP contribution in [0.2, 0.25) is 0 Å². The average molecular weight is 746 g/mol. The predicted octanol–water partition coefficient (Wildman–Crippen LogP) is 16.1. The van der Waals surface area contributed by atoms with Gasteiger partial charge in [0.2, 0.25) is 0 Å². The van der Waals surface area contributed by atoms with Crippen molar-refractivity contribution in [1.82, 2.24) is 0 Å². The number of furan rings is 1. The van der Waals surface area contributed by atoms with Gasteiger partial charge in [-0.3, -0.25) is 0 Å². The Morgan fingerprint density at radius 1 is 0.351 bits per heavy atom. The molecule has 0 aliphatic carbocycles. The molecular formula is C54H35NOS. The summed E-state index contributed by atoms with van der Waals surface area (Å²) >= 11 is 1.85. The Balaban J connectivity index is 1.16. The van der Waals surface area contributed by atoms with Crippen LogP contribution in [0.4, 0.5) is 17.1 Å². The fraction of sp³-hybridized carbons (Fsp3) is 0. The number of anilines is 3. The summed E-state index contributed by atoms with van der Waals surface area (Å²) in [6, 6.07) is 76.5. The van der Waals surface area contributed by atoms with Crippen LogP contribution in [0.15, 0.2) is 217 Å². The quantitative estimate of drug-likeness (QED) is 0.162. The Bertz CT molecular complexity index is 3230. The van der Waals surface area contributed by atoms with Gasteiger partial charge >= 0.3 is 0 Å². The average Bonchev–Trinajstić information content (AvgIpc) is 3.86. The Morgan fingerprint density at radius 3 is 1.72 bits per heavy atom. The molecule has 11 aromatic rings. The molecule has 0 saturated heterocycles. The van der Waals surface area contributed by atoms with Crippen molar-refractivity contribution in [2.45, 2.75) is 0 Å². The smallest absolute Gasteiger partial charge is 0.143 e. The third kappa shape index (κ3) is 5.71. The van der Waals surface area contributed by atoms with Crippen LogP contribution in [0.1, 0.15) is 0 Å². The van der Waals surface area contributed by atoms with Gasteiger partial charge in [-0.2, -0.15) is 0 Å². The molecule has 3 heteroatoms. The monoisotopic (exact) mass is 745 g/mol. The molecular weight excluding hydrogens is 711 g/mol. The summed E-state index contributed by atoms with van der Waals surface area (Å²) in [5.41, 5.74) is 14.4. The molecule has 0 amide bonds. The van der Waals surface area contributed by atoms with E-state index in [0.717, 1.165) is 50.1 Å². The van der Waals surface area contributed by atoms with Crippen LogP contribution >= 0.6 is 11.3 Å². The van der Waals surface area contributed by atoms with Crippen LogP contribution in [0.25, 0.3) is 86.6 Å². The van der Waals surface area contributed by atoms with Crippen molar-refractivity contribution in [3.63, 3.8) is 0 Å². The molecule has 0 fully saturated rings. The van der Waals surface area contributed by atoms with Crippen molar-refractivity contribution in [1.29, 1.82) is 0 Å². The third-order valence-electron chi connectivity index (χ3n) is 11.1. The molecule has 0 bridgehead atoms. The summed E-state index contributed by atoms with van der Waals surface area (Å²) in [6.07, 6.45) is 0. The number of thiophene rings is 1. The second kappa shape index (κ2) is 13.8. The summed E-state index contributed by atoms with van der Waals surface area (Å²) in [7, 11) is 0. The van der Waals surface area contributed by atoms with E-state index in [1.807, 2.05) is 23.5 Å². The van der Waals surface area contributed by atoms with Crippen LogP contribution < -0.4 is 4.90 Å². The minimum absolute atomic E-state index is 0.904. The van der Waals surface area contributed by atoms with Gasteiger partial charge in [0.25, 0.3) is 0 Å². The summed E-state index contributed by atoms with van der Waals surface area (Å²) < 4.78 is 9.04. The highest BCUT2D eigenvalue weighted by Crippen LogP contribution is 2.49. The molecule has 0 radical (unpaired) electrons. The maximum atomic E-state index is 6.48. The first kappa shape index (κ1) is 33.2. The molecule has 0 atom stereocenters. The minimum Gasteiger partial charge on any atom is -0.455 e. The molecule has 57 heavy (non-hydrogen) atoms. The second-order valence-electron chi connectivity index (χ2n) is 14.4. The predicted molar refractivity (Wildman–Crippen MR) is 243 cm³/mol. The molecule has 0 unspecified atom stereocenters. The van der Waals surface area contributed by atoms with Gasteiger partial charge in [-0.15, -0.1) is 11.3 Å². The van der Waals surface area contributed by atoms with Gasteiger partial charge in [0.15, 0.2) is 0 Å². The summed E-state index contributed by atoms with van der Waals surface area (Å²) in [4.78, 5) is 2.44. The van der Waals surface area contributed by atoms with E-state index in [4.69, 9.17) is 4.42 Å². The lowest BCUT2D eigenvalue weighted by Crippen LogP contribution is -2.12. The Kier molecular flexibility index (Phi) is 8.04. The van der Waals surface area contributed by atoms with Gasteiger partial charge in [-0.1, -0.05) is 170 Å². The molecule has 2 aromatic heterocycles. The molecule has 2 nitrogen and oxygen atoms in total. The summed E-state index contributed by atoms with van der Waals surface area (Å²) in [5, 5.41) is 4.84. The normalized spacial score (nSPS) is 11.5. The minimum atomic E-state index is 0.904. The van der Waals surface area contributed by atoms with Crippen molar-refractivity contribution in [2.75, 3.05) is 4.90 Å².